The second-order valence-corrected chi connectivity index (χ2v) is 10.9. The largest absolute Gasteiger partial charge is 0.478 e. The Hall–Kier alpha value is -2.58. The van der Waals surface area contributed by atoms with Crippen LogP contribution in [0.2, 0.25) is 0 Å². The molecule has 1 aliphatic heterocycles. The maximum Gasteiger partial charge on any atom is 0.338 e. The highest BCUT2D eigenvalue weighted by molar-refractivity contribution is 7.92. The van der Waals surface area contributed by atoms with Crippen molar-refractivity contribution in [2.24, 2.45) is 0 Å². The highest BCUT2D eigenvalue weighted by atomic mass is 32.2. The molecule has 1 heterocycles. The predicted molar refractivity (Wildman–Crippen MR) is 135 cm³/mol. The summed E-state index contributed by atoms with van der Waals surface area (Å²) in [5.74, 6) is -1.10. The minimum absolute atomic E-state index is 0.0728. The van der Waals surface area contributed by atoms with Gasteiger partial charge in [-0.25, -0.2) is 13.2 Å². The summed E-state index contributed by atoms with van der Waals surface area (Å²) >= 11 is 0. The van der Waals surface area contributed by atoms with E-state index in [1.807, 2.05) is 6.07 Å². The Morgan fingerprint density at radius 3 is 2.41 bits per heavy atom. The number of nitrogens with zero attached hydrogens (tertiary/aromatic N) is 1. The molecule has 2 aliphatic rings. The Kier molecular flexibility index (Phi) is 8.11. The molecule has 2 aromatic rings. The first kappa shape index (κ1) is 24.5. The summed E-state index contributed by atoms with van der Waals surface area (Å²) in [7, 11) is -3.98. The van der Waals surface area contributed by atoms with E-state index < -0.39 is 16.0 Å². The second-order valence-electron chi connectivity index (χ2n) is 9.28. The van der Waals surface area contributed by atoms with Crippen molar-refractivity contribution in [1.82, 2.24) is 4.90 Å². The van der Waals surface area contributed by atoms with E-state index in [-0.39, 0.29) is 16.1 Å². The van der Waals surface area contributed by atoms with Gasteiger partial charge in [-0.1, -0.05) is 31.0 Å². The van der Waals surface area contributed by atoms with Gasteiger partial charge < -0.3 is 15.3 Å². The van der Waals surface area contributed by atoms with Crippen molar-refractivity contribution in [3.05, 3.63) is 53.1 Å². The number of carboxylic acids is 1. The average Bonchev–Trinajstić information content (AvgIpc) is 3.10. The zero-order valence-electron chi connectivity index (χ0n) is 19.7. The maximum absolute atomic E-state index is 13.3. The number of para-hydroxylation sites is 1. The SMILES string of the molecule is O=C(O)c1c(NS(=O)(=O)c2ccccc2NCCCN2CCCCCC2)ccc2c1CCCC2. The van der Waals surface area contributed by atoms with Crippen molar-refractivity contribution in [1.29, 1.82) is 0 Å². The topological polar surface area (TPSA) is 98.7 Å². The van der Waals surface area contributed by atoms with E-state index in [0.717, 1.165) is 56.4 Å². The Labute approximate surface area is 202 Å². The number of rotatable bonds is 9. The predicted octanol–water partition coefficient (Wildman–Crippen LogP) is 4.74. The molecule has 184 valence electrons. The number of carboxylic acid groups (broad SMARTS) is 1. The number of anilines is 2. The Bertz CT molecular complexity index is 1110. The summed E-state index contributed by atoms with van der Waals surface area (Å²) < 4.78 is 29.2. The average molecular weight is 486 g/mol. The zero-order chi connectivity index (χ0) is 24.0. The smallest absolute Gasteiger partial charge is 0.338 e. The van der Waals surface area contributed by atoms with Crippen LogP contribution < -0.4 is 10.0 Å². The molecule has 1 fully saturated rings. The molecule has 0 radical (unpaired) electrons. The van der Waals surface area contributed by atoms with Gasteiger partial charge in [0.2, 0.25) is 0 Å². The van der Waals surface area contributed by atoms with Crippen LogP contribution in [0.1, 0.15) is 66.4 Å². The molecule has 34 heavy (non-hydrogen) atoms. The molecule has 2 aromatic carbocycles. The first-order valence-electron chi connectivity index (χ1n) is 12.4. The number of hydrogen-bond acceptors (Lipinski definition) is 5. The molecule has 0 aromatic heterocycles. The second kappa shape index (κ2) is 11.2. The minimum Gasteiger partial charge on any atom is -0.478 e. The van der Waals surface area contributed by atoms with Crippen molar-refractivity contribution >= 4 is 27.4 Å². The van der Waals surface area contributed by atoms with Crippen LogP contribution in [0.4, 0.5) is 11.4 Å². The molecule has 3 N–H and O–H groups in total. The van der Waals surface area contributed by atoms with Crippen LogP contribution in [0.25, 0.3) is 0 Å². The van der Waals surface area contributed by atoms with Crippen LogP contribution in [0.3, 0.4) is 0 Å². The standard InChI is InChI=1S/C26H35N3O4S/c30-26(31)25-21-11-4-3-10-20(21)14-15-23(25)28-34(32,33)24-13-6-5-12-22(24)27-16-9-19-29-17-7-1-2-8-18-29/h5-6,12-15,27-28H,1-4,7-11,16-19H2,(H,30,31). The summed E-state index contributed by atoms with van der Waals surface area (Å²) in [6, 6.07) is 10.2. The number of likely N-dealkylation sites (tertiary alicyclic amines) is 1. The molecule has 0 bridgehead atoms. The van der Waals surface area contributed by atoms with Crippen LogP contribution >= 0.6 is 0 Å². The molecule has 0 saturated carbocycles. The van der Waals surface area contributed by atoms with E-state index >= 15 is 0 Å². The van der Waals surface area contributed by atoms with Gasteiger partial charge >= 0.3 is 5.97 Å². The number of fused-ring (bicyclic) bond motifs is 1. The van der Waals surface area contributed by atoms with Crippen molar-refractivity contribution in [3.8, 4) is 0 Å². The van der Waals surface area contributed by atoms with Crippen LogP contribution in [-0.2, 0) is 22.9 Å². The van der Waals surface area contributed by atoms with Gasteiger partial charge in [-0.2, -0.15) is 0 Å². The molecule has 8 heteroatoms. The van der Waals surface area contributed by atoms with Gasteiger partial charge in [0.05, 0.1) is 16.9 Å². The van der Waals surface area contributed by atoms with Gasteiger partial charge in [-0.15, -0.1) is 0 Å². The van der Waals surface area contributed by atoms with Crippen molar-refractivity contribution in [3.63, 3.8) is 0 Å². The lowest BCUT2D eigenvalue weighted by molar-refractivity contribution is 0.0696. The lowest BCUT2D eigenvalue weighted by atomic mass is 9.87. The number of hydrogen-bond donors (Lipinski definition) is 3. The van der Waals surface area contributed by atoms with E-state index in [2.05, 4.69) is 14.9 Å². The summed E-state index contributed by atoms with van der Waals surface area (Å²) in [5.41, 5.74) is 2.48. The van der Waals surface area contributed by atoms with Crippen molar-refractivity contribution < 1.29 is 18.3 Å². The highest BCUT2D eigenvalue weighted by Gasteiger charge is 2.25. The summed E-state index contributed by atoms with van der Waals surface area (Å²) in [4.78, 5) is 14.7. The van der Waals surface area contributed by atoms with Crippen LogP contribution in [0, 0.1) is 0 Å². The zero-order valence-corrected chi connectivity index (χ0v) is 20.5. The molecule has 0 atom stereocenters. The summed E-state index contributed by atoms with van der Waals surface area (Å²) in [6.45, 7) is 3.95. The van der Waals surface area contributed by atoms with E-state index in [4.69, 9.17) is 0 Å². The highest BCUT2D eigenvalue weighted by Crippen LogP contribution is 2.32. The van der Waals surface area contributed by atoms with Crippen molar-refractivity contribution in [2.75, 3.05) is 36.2 Å². The minimum atomic E-state index is -3.98. The molecule has 7 nitrogen and oxygen atoms in total. The monoisotopic (exact) mass is 485 g/mol. The Morgan fingerprint density at radius 1 is 0.912 bits per heavy atom. The molecule has 0 amide bonds. The number of benzene rings is 2. The Balaban J connectivity index is 1.47. The summed E-state index contributed by atoms with van der Waals surface area (Å²) in [6.07, 6.45) is 9.45. The van der Waals surface area contributed by atoms with Crippen molar-refractivity contribution in [2.45, 2.75) is 62.7 Å². The molecule has 0 unspecified atom stereocenters. The number of aryl methyl sites for hydroxylation is 1. The van der Waals surface area contributed by atoms with Gasteiger partial charge in [0, 0.05) is 6.54 Å². The molecular weight excluding hydrogens is 450 g/mol. The van der Waals surface area contributed by atoms with Crippen LogP contribution in [0.15, 0.2) is 41.3 Å². The van der Waals surface area contributed by atoms with Gasteiger partial charge in [0.15, 0.2) is 0 Å². The molecule has 4 rings (SSSR count). The van der Waals surface area contributed by atoms with Crippen LogP contribution in [0.5, 0.6) is 0 Å². The first-order chi connectivity index (χ1) is 16.5. The number of sulfonamides is 1. The molecular formula is C26H35N3O4S. The fourth-order valence-electron chi connectivity index (χ4n) is 5.09. The normalized spacial score (nSPS) is 16.9. The van der Waals surface area contributed by atoms with E-state index in [1.54, 1.807) is 30.3 Å². The molecule has 1 aliphatic carbocycles. The van der Waals surface area contributed by atoms with Crippen LogP contribution in [-0.4, -0.2) is 50.6 Å². The Morgan fingerprint density at radius 2 is 1.65 bits per heavy atom. The number of nitrogens with one attached hydrogen (secondary N) is 2. The van der Waals surface area contributed by atoms with Gasteiger partial charge in [0.1, 0.15) is 4.90 Å². The maximum atomic E-state index is 13.3. The molecule has 0 spiro atoms. The fourth-order valence-corrected chi connectivity index (χ4v) is 6.35. The lowest BCUT2D eigenvalue weighted by Crippen LogP contribution is -2.27. The quantitative estimate of drug-likeness (QED) is 0.444. The lowest BCUT2D eigenvalue weighted by Gasteiger charge is -2.21. The number of carbonyl (C=O) groups is 1. The third-order valence-corrected chi connectivity index (χ3v) is 8.26. The first-order valence-corrected chi connectivity index (χ1v) is 13.9. The molecule has 1 saturated heterocycles. The van der Waals surface area contributed by atoms with Gasteiger partial charge in [-0.3, -0.25) is 4.72 Å². The van der Waals surface area contributed by atoms with E-state index in [9.17, 15) is 18.3 Å². The van der Waals surface area contributed by atoms with E-state index in [1.165, 1.54) is 25.7 Å². The summed E-state index contributed by atoms with van der Waals surface area (Å²) in [5, 5.41) is 13.1. The fraction of sp³-hybridized carbons (Fsp3) is 0.500. The number of aromatic carboxylic acids is 1. The van der Waals surface area contributed by atoms with Gasteiger partial charge in [0.25, 0.3) is 10.0 Å². The third-order valence-electron chi connectivity index (χ3n) is 6.83. The van der Waals surface area contributed by atoms with E-state index in [0.29, 0.717) is 18.7 Å². The third kappa shape index (κ3) is 5.91. The van der Waals surface area contributed by atoms with Gasteiger partial charge in [-0.05, 0) is 93.9 Å².